The molecular weight excluding hydrogens is 289 g/mol. The highest BCUT2D eigenvalue weighted by Gasteiger charge is 2.17. The minimum atomic E-state index is -0.337. The van der Waals surface area contributed by atoms with Crippen LogP contribution in [0.25, 0.3) is 11.0 Å². The Bertz CT molecular complexity index is 777. The van der Waals surface area contributed by atoms with Crippen LogP contribution in [0.5, 0.6) is 0 Å². The summed E-state index contributed by atoms with van der Waals surface area (Å²) >= 11 is 1.66. The molecule has 108 valence electrons. The summed E-state index contributed by atoms with van der Waals surface area (Å²) < 4.78 is 18.8. The number of rotatable bonds is 4. The van der Waals surface area contributed by atoms with E-state index in [0.29, 0.717) is 23.1 Å². The molecule has 3 nitrogen and oxygen atoms in total. The first-order valence-electron chi connectivity index (χ1n) is 6.64. The molecule has 0 atom stereocenters. The fraction of sp³-hybridized carbons (Fsp3) is 0.188. The van der Waals surface area contributed by atoms with Gasteiger partial charge in [-0.2, -0.15) is 0 Å². The van der Waals surface area contributed by atoms with E-state index in [9.17, 15) is 9.18 Å². The zero-order chi connectivity index (χ0) is 14.8. The highest BCUT2D eigenvalue weighted by molar-refractivity contribution is 7.09. The Morgan fingerprint density at radius 1 is 1.38 bits per heavy atom. The number of hydrogen-bond donors (Lipinski definition) is 1. The first-order chi connectivity index (χ1) is 10.1. The molecule has 0 bridgehead atoms. The van der Waals surface area contributed by atoms with Crippen molar-refractivity contribution in [3.05, 3.63) is 57.7 Å². The van der Waals surface area contributed by atoms with E-state index in [0.717, 1.165) is 6.42 Å². The summed E-state index contributed by atoms with van der Waals surface area (Å²) in [5, 5.41) is 5.48. The number of amides is 1. The lowest BCUT2D eigenvalue weighted by molar-refractivity contribution is 0.0928. The van der Waals surface area contributed by atoms with Crippen molar-refractivity contribution in [3.8, 4) is 0 Å². The zero-order valence-corrected chi connectivity index (χ0v) is 12.3. The van der Waals surface area contributed by atoms with E-state index in [-0.39, 0.29) is 17.5 Å². The molecule has 3 aromatic rings. The van der Waals surface area contributed by atoms with Gasteiger partial charge >= 0.3 is 0 Å². The van der Waals surface area contributed by atoms with Crippen molar-refractivity contribution in [2.24, 2.45) is 0 Å². The molecule has 0 aliphatic carbocycles. The normalized spacial score (nSPS) is 11.0. The van der Waals surface area contributed by atoms with Crippen molar-refractivity contribution in [1.82, 2.24) is 5.32 Å². The van der Waals surface area contributed by atoms with Crippen molar-refractivity contribution in [2.75, 3.05) is 6.54 Å². The standard InChI is InChI=1S/C16H14FNO2S/c1-10-13-9-11(17)4-5-14(13)20-15(10)16(19)18-7-6-12-3-2-8-21-12/h2-5,8-9H,6-7H2,1H3,(H,18,19). The first-order valence-corrected chi connectivity index (χ1v) is 7.52. The largest absolute Gasteiger partial charge is 0.451 e. The Balaban J connectivity index is 1.73. The van der Waals surface area contributed by atoms with E-state index < -0.39 is 0 Å². The second-order valence-corrected chi connectivity index (χ2v) is 5.81. The van der Waals surface area contributed by atoms with Crippen LogP contribution in [0.2, 0.25) is 0 Å². The van der Waals surface area contributed by atoms with E-state index in [4.69, 9.17) is 4.42 Å². The molecule has 1 aromatic carbocycles. The third-order valence-electron chi connectivity index (χ3n) is 3.34. The van der Waals surface area contributed by atoms with Gasteiger partial charge in [0.2, 0.25) is 0 Å². The highest BCUT2D eigenvalue weighted by Crippen LogP contribution is 2.25. The summed E-state index contributed by atoms with van der Waals surface area (Å²) in [5.74, 6) is -0.349. The summed E-state index contributed by atoms with van der Waals surface area (Å²) in [6, 6.07) is 8.27. The van der Waals surface area contributed by atoms with E-state index in [1.165, 1.54) is 17.0 Å². The number of carbonyl (C=O) groups excluding carboxylic acids is 1. The molecule has 0 fully saturated rings. The molecule has 0 aliphatic rings. The molecule has 0 radical (unpaired) electrons. The Morgan fingerprint density at radius 3 is 3.00 bits per heavy atom. The molecule has 2 heterocycles. The molecular formula is C16H14FNO2S. The number of fused-ring (bicyclic) bond motifs is 1. The maximum atomic E-state index is 13.2. The third-order valence-corrected chi connectivity index (χ3v) is 4.28. The maximum absolute atomic E-state index is 13.2. The Kier molecular flexibility index (Phi) is 3.75. The lowest BCUT2D eigenvalue weighted by Gasteiger charge is -2.02. The van der Waals surface area contributed by atoms with Gasteiger partial charge in [-0.25, -0.2) is 4.39 Å². The Morgan fingerprint density at radius 2 is 2.24 bits per heavy atom. The second kappa shape index (κ2) is 5.69. The highest BCUT2D eigenvalue weighted by atomic mass is 32.1. The number of halogens is 1. The van der Waals surface area contributed by atoms with Crippen LogP contribution in [-0.4, -0.2) is 12.5 Å². The van der Waals surface area contributed by atoms with Crippen molar-refractivity contribution >= 4 is 28.2 Å². The molecule has 21 heavy (non-hydrogen) atoms. The van der Waals surface area contributed by atoms with Crippen LogP contribution in [0.3, 0.4) is 0 Å². The first kappa shape index (κ1) is 13.8. The fourth-order valence-electron chi connectivity index (χ4n) is 2.24. The maximum Gasteiger partial charge on any atom is 0.287 e. The summed E-state index contributed by atoms with van der Waals surface area (Å²) in [5.41, 5.74) is 1.19. The summed E-state index contributed by atoms with van der Waals surface area (Å²) in [6.45, 7) is 2.31. The molecule has 2 aromatic heterocycles. The van der Waals surface area contributed by atoms with Gasteiger partial charge in [0.15, 0.2) is 5.76 Å². The van der Waals surface area contributed by atoms with Gasteiger partial charge in [-0.05, 0) is 43.0 Å². The summed E-state index contributed by atoms with van der Waals surface area (Å²) in [6.07, 6.45) is 0.789. The predicted molar refractivity (Wildman–Crippen MR) is 81.3 cm³/mol. The van der Waals surface area contributed by atoms with Gasteiger partial charge in [-0.15, -0.1) is 11.3 Å². The number of furan rings is 1. The minimum absolute atomic E-state index is 0.252. The zero-order valence-electron chi connectivity index (χ0n) is 11.5. The minimum Gasteiger partial charge on any atom is -0.451 e. The van der Waals surface area contributed by atoms with E-state index in [2.05, 4.69) is 5.32 Å². The smallest absolute Gasteiger partial charge is 0.287 e. The van der Waals surface area contributed by atoms with Crippen LogP contribution in [-0.2, 0) is 6.42 Å². The predicted octanol–water partition coefficient (Wildman–Crippen LogP) is 3.91. The average Bonchev–Trinajstić information content (AvgIpc) is 3.08. The molecule has 0 spiro atoms. The van der Waals surface area contributed by atoms with Crippen LogP contribution in [0.4, 0.5) is 4.39 Å². The SMILES string of the molecule is Cc1c(C(=O)NCCc2cccs2)oc2ccc(F)cc12. The van der Waals surface area contributed by atoms with Gasteiger partial charge < -0.3 is 9.73 Å². The van der Waals surface area contributed by atoms with Crippen LogP contribution in [0, 0.1) is 12.7 Å². The van der Waals surface area contributed by atoms with Crippen LogP contribution < -0.4 is 5.32 Å². The average molecular weight is 303 g/mol. The van der Waals surface area contributed by atoms with Crippen molar-refractivity contribution in [1.29, 1.82) is 0 Å². The number of carbonyl (C=O) groups is 1. The van der Waals surface area contributed by atoms with Crippen LogP contribution in [0.1, 0.15) is 21.0 Å². The van der Waals surface area contributed by atoms with Gasteiger partial charge in [0, 0.05) is 22.4 Å². The number of thiophene rings is 1. The number of aryl methyl sites for hydroxylation is 1. The summed E-state index contributed by atoms with van der Waals surface area (Å²) in [7, 11) is 0. The molecule has 3 rings (SSSR count). The number of hydrogen-bond acceptors (Lipinski definition) is 3. The van der Waals surface area contributed by atoms with Gasteiger partial charge in [0.25, 0.3) is 5.91 Å². The van der Waals surface area contributed by atoms with Gasteiger partial charge in [0.05, 0.1) is 0 Å². The van der Waals surface area contributed by atoms with Gasteiger partial charge in [-0.3, -0.25) is 4.79 Å². The van der Waals surface area contributed by atoms with E-state index in [1.54, 1.807) is 24.3 Å². The van der Waals surface area contributed by atoms with Crippen LogP contribution in [0.15, 0.2) is 40.1 Å². The molecule has 0 unspecified atom stereocenters. The van der Waals surface area contributed by atoms with Crippen LogP contribution >= 0.6 is 11.3 Å². The fourth-order valence-corrected chi connectivity index (χ4v) is 2.95. The van der Waals surface area contributed by atoms with Crippen molar-refractivity contribution < 1.29 is 13.6 Å². The van der Waals surface area contributed by atoms with Crippen molar-refractivity contribution in [2.45, 2.75) is 13.3 Å². The van der Waals surface area contributed by atoms with Gasteiger partial charge in [0.1, 0.15) is 11.4 Å². The van der Waals surface area contributed by atoms with Crippen molar-refractivity contribution in [3.63, 3.8) is 0 Å². The molecule has 0 saturated carbocycles. The summed E-state index contributed by atoms with van der Waals surface area (Å²) in [4.78, 5) is 13.4. The van der Waals surface area contributed by atoms with E-state index in [1.807, 2.05) is 17.5 Å². The van der Waals surface area contributed by atoms with E-state index >= 15 is 0 Å². The molecule has 0 saturated heterocycles. The lowest BCUT2D eigenvalue weighted by Crippen LogP contribution is -2.25. The monoisotopic (exact) mass is 303 g/mol. The lowest BCUT2D eigenvalue weighted by atomic mass is 10.1. The molecule has 1 N–H and O–H groups in total. The van der Waals surface area contributed by atoms with Gasteiger partial charge in [-0.1, -0.05) is 6.07 Å². The molecule has 1 amide bonds. The third kappa shape index (κ3) is 2.83. The molecule has 5 heteroatoms. The Hall–Kier alpha value is -2.14. The number of benzene rings is 1. The quantitative estimate of drug-likeness (QED) is 0.794. The molecule has 0 aliphatic heterocycles. The topological polar surface area (TPSA) is 42.2 Å². The Labute approximate surface area is 125 Å². The second-order valence-electron chi connectivity index (χ2n) is 4.78. The number of nitrogens with one attached hydrogen (secondary N) is 1.